The molecule has 22 heavy (non-hydrogen) atoms. The van der Waals surface area contributed by atoms with E-state index in [4.69, 9.17) is 0 Å². The molecule has 0 atom stereocenters. The van der Waals surface area contributed by atoms with Crippen LogP contribution in [-0.2, 0) is 0 Å². The largest absolute Gasteiger partial charge is 0.339 e. The van der Waals surface area contributed by atoms with E-state index >= 15 is 0 Å². The van der Waals surface area contributed by atoms with Crippen LogP contribution in [0.5, 0.6) is 0 Å². The molecular formula is C18H25N3O. The second-order valence-electron chi connectivity index (χ2n) is 7.33. The average Bonchev–Trinajstić information content (AvgIpc) is 3.07. The van der Waals surface area contributed by atoms with Gasteiger partial charge in [0.15, 0.2) is 0 Å². The fourth-order valence-electron chi connectivity index (χ4n) is 4.57. The highest BCUT2D eigenvalue weighted by atomic mass is 16.2. The molecule has 4 heteroatoms. The lowest BCUT2D eigenvalue weighted by Gasteiger charge is -2.54. The molecule has 0 radical (unpaired) electrons. The van der Waals surface area contributed by atoms with Crippen molar-refractivity contribution in [1.29, 1.82) is 0 Å². The van der Waals surface area contributed by atoms with Crippen LogP contribution in [-0.4, -0.2) is 52.9 Å². The normalized spacial score (nSPS) is 25.4. The van der Waals surface area contributed by atoms with Crippen molar-refractivity contribution in [2.75, 3.05) is 26.2 Å². The van der Waals surface area contributed by atoms with E-state index in [1.807, 2.05) is 17.0 Å². The average molecular weight is 299 g/mol. The number of carbonyl (C=O) groups excluding carboxylic acids is 1. The lowest BCUT2D eigenvalue weighted by atomic mass is 9.60. The molecule has 3 heterocycles. The summed E-state index contributed by atoms with van der Waals surface area (Å²) in [5, 5.41) is 0. The lowest BCUT2D eigenvalue weighted by Crippen LogP contribution is -2.55. The van der Waals surface area contributed by atoms with Crippen LogP contribution in [0.3, 0.4) is 0 Å². The van der Waals surface area contributed by atoms with Gasteiger partial charge in [-0.2, -0.15) is 0 Å². The molecule has 118 valence electrons. The zero-order valence-electron chi connectivity index (χ0n) is 13.2. The summed E-state index contributed by atoms with van der Waals surface area (Å²) in [6.45, 7) is 4.47. The first-order valence-electron chi connectivity index (χ1n) is 8.69. The second kappa shape index (κ2) is 5.65. The summed E-state index contributed by atoms with van der Waals surface area (Å²) in [6, 6.07) is 4.48. The molecule has 1 saturated carbocycles. The summed E-state index contributed by atoms with van der Waals surface area (Å²) in [4.78, 5) is 21.2. The number of aromatic nitrogens is 1. The van der Waals surface area contributed by atoms with Gasteiger partial charge in [-0.05, 0) is 69.2 Å². The molecule has 1 spiro atoms. The second-order valence-corrected chi connectivity index (χ2v) is 7.33. The maximum Gasteiger partial charge on any atom is 0.253 e. The van der Waals surface area contributed by atoms with Gasteiger partial charge < -0.3 is 9.80 Å². The van der Waals surface area contributed by atoms with E-state index in [2.05, 4.69) is 9.88 Å². The van der Waals surface area contributed by atoms with Crippen molar-refractivity contribution in [3.8, 4) is 0 Å². The summed E-state index contributed by atoms with van der Waals surface area (Å²) in [5.41, 5.74) is 1.32. The summed E-state index contributed by atoms with van der Waals surface area (Å²) in [5.74, 6) is 0.174. The number of amides is 1. The zero-order chi connectivity index (χ0) is 15.0. The molecule has 2 aliphatic heterocycles. The van der Waals surface area contributed by atoms with Gasteiger partial charge in [0.2, 0.25) is 0 Å². The highest BCUT2D eigenvalue weighted by Gasteiger charge is 2.48. The standard InChI is InChI=1S/C18H25N3O/c22-17(15-3-7-19-8-4-15)21-11-5-18(6-12-21)13-16(14-18)20-9-1-2-10-20/h3-4,7-8,16H,1-2,5-6,9-14H2. The number of hydrogen-bond donors (Lipinski definition) is 0. The topological polar surface area (TPSA) is 36.4 Å². The molecule has 3 fully saturated rings. The number of hydrogen-bond acceptors (Lipinski definition) is 3. The molecule has 3 aliphatic rings. The Bertz CT molecular complexity index is 523. The fourth-order valence-corrected chi connectivity index (χ4v) is 4.57. The van der Waals surface area contributed by atoms with Crippen LogP contribution in [0.4, 0.5) is 0 Å². The van der Waals surface area contributed by atoms with Crippen LogP contribution >= 0.6 is 0 Å². The van der Waals surface area contributed by atoms with Crippen LogP contribution in [0, 0.1) is 5.41 Å². The Morgan fingerprint density at radius 1 is 1.05 bits per heavy atom. The first kappa shape index (κ1) is 14.2. The van der Waals surface area contributed by atoms with Crippen molar-refractivity contribution in [1.82, 2.24) is 14.8 Å². The van der Waals surface area contributed by atoms with Crippen molar-refractivity contribution >= 4 is 5.91 Å². The van der Waals surface area contributed by atoms with Crippen molar-refractivity contribution in [3.05, 3.63) is 30.1 Å². The van der Waals surface area contributed by atoms with Crippen LogP contribution in [0.2, 0.25) is 0 Å². The van der Waals surface area contributed by atoms with Crippen LogP contribution < -0.4 is 0 Å². The molecule has 1 aliphatic carbocycles. The molecule has 0 unspecified atom stereocenters. The summed E-state index contributed by atoms with van der Waals surface area (Å²) in [7, 11) is 0. The van der Waals surface area contributed by atoms with Gasteiger partial charge >= 0.3 is 0 Å². The Morgan fingerprint density at radius 2 is 1.68 bits per heavy atom. The Hall–Kier alpha value is -1.42. The highest BCUT2D eigenvalue weighted by Crippen LogP contribution is 2.51. The molecule has 0 aromatic carbocycles. The van der Waals surface area contributed by atoms with Crippen molar-refractivity contribution in [3.63, 3.8) is 0 Å². The number of carbonyl (C=O) groups is 1. The summed E-state index contributed by atoms with van der Waals surface area (Å²) in [6.07, 6.45) is 11.3. The molecular weight excluding hydrogens is 274 g/mol. The Balaban J connectivity index is 1.31. The number of rotatable bonds is 2. The van der Waals surface area contributed by atoms with Gasteiger partial charge in [-0.1, -0.05) is 0 Å². The van der Waals surface area contributed by atoms with Crippen molar-refractivity contribution < 1.29 is 4.79 Å². The number of pyridine rings is 1. The minimum atomic E-state index is 0.174. The highest BCUT2D eigenvalue weighted by molar-refractivity contribution is 5.94. The number of likely N-dealkylation sites (tertiary alicyclic amines) is 2. The third-order valence-corrected chi connectivity index (χ3v) is 6.03. The van der Waals surface area contributed by atoms with E-state index in [1.165, 1.54) is 51.6 Å². The Kier molecular flexibility index (Phi) is 3.65. The van der Waals surface area contributed by atoms with E-state index in [9.17, 15) is 4.79 Å². The zero-order valence-corrected chi connectivity index (χ0v) is 13.2. The Morgan fingerprint density at radius 3 is 2.32 bits per heavy atom. The van der Waals surface area contributed by atoms with Crippen LogP contribution in [0.25, 0.3) is 0 Å². The van der Waals surface area contributed by atoms with Gasteiger partial charge in [0.25, 0.3) is 5.91 Å². The van der Waals surface area contributed by atoms with Crippen molar-refractivity contribution in [2.45, 2.75) is 44.6 Å². The van der Waals surface area contributed by atoms with Gasteiger partial charge in [-0.3, -0.25) is 9.78 Å². The summed E-state index contributed by atoms with van der Waals surface area (Å²) < 4.78 is 0. The smallest absolute Gasteiger partial charge is 0.253 e. The predicted octanol–water partition coefficient (Wildman–Crippen LogP) is 2.56. The van der Waals surface area contributed by atoms with Gasteiger partial charge in [-0.25, -0.2) is 0 Å². The Labute approximate surface area is 132 Å². The molecule has 4 rings (SSSR count). The van der Waals surface area contributed by atoms with Gasteiger partial charge in [0, 0.05) is 37.1 Å². The molecule has 2 saturated heterocycles. The molecule has 0 N–H and O–H groups in total. The van der Waals surface area contributed by atoms with E-state index in [-0.39, 0.29) is 5.91 Å². The van der Waals surface area contributed by atoms with E-state index in [1.54, 1.807) is 12.4 Å². The first-order chi connectivity index (χ1) is 10.8. The van der Waals surface area contributed by atoms with E-state index in [0.717, 1.165) is 24.7 Å². The lowest BCUT2D eigenvalue weighted by molar-refractivity contribution is -0.0311. The number of nitrogens with zero attached hydrogens (tertiary/aromatic N) is 3. The van der Waals surface area contributed by atoms with E-state index in [0.29, 0.717) is 5.41 Å². The van der Waals surface area contributed by atoms with Gasteiger partial charge in [0.05, 0.1) is 0 Å². The minimum Gasteiger partial charge on any atom is -0.339 e. The molecule has 0 bridgehead atoms. The van der Waals surface area contributed by atoms with Crippen LogP contribution in [0.1, 0.15) is 48.9 Å². The van der Waals surface area contributed by atoms with E-state index < -0.39 is 0 Å². The van der Waals surface area contributed by atoms with Gasteiger partial charge in [0.1, 0.15) is 0 Å². The molecule has 1 amide bonds. The fraction of sp³-hybridized carbons (Fsp3) is 0.667. The monoisotopic (exact) mass is 299 g/mol. The van der Waals surface area contributed by atoms with Crippen molar-refractivity contribution in [2.24, 2.45) is 5.41 Å². The molecule has 1 aromatic rings. The third kappa shape index (κ3) is 2.54. The maximum absolute atomic E-state index is 12.5. The van der Waals surface area contributed by atoms with Gasteiger partial charge in [-0.15, -0.1) is 0 Å². The first-order valence-corrected chi connectivity index (χ1v) is 8.69. The SMILES string of the molecule is O=C(c1ccncc1)N1CCC2(CC1)CC(N1CCCC1)C2. The van der Waals surface area contributed by atoms with Crippen LogP contribution in [0.15, 0.2) is 24.5 Å². The minimum absolute atomic E-state index is 0.174. The predicted molar refractivity (Wildman–Crippen MR) is 85.6 cm³/mol. The third-order valence-electron chi connectivity index (χ3n) is 6.03. The quantitative estimate of drug-likeness (QED) is 0.842. The molecule has 1 aromatic heterocycles. The maximum atomic E-state index is 12.5. The number of piperidine rings is 1. The summed E-state index contributed by atoms with van der Waals surface area (Å²) >= 11 is 0. The molecule has 4 nitrogen and oxygen atoms in total.